The molecule has 0 aromatic heterocycles. The molecule has 2 rings (SSSR count). The zero-order valence-electron chi connectivity index (χ0n) is 12.1. The van der Waals surface area contributed by atoms with E-state index in [2.05, 4.69) is 4.99 Å². The van der Waals surface area contributed by atoms with Crippen molar-refractivity contribution in [3.8, 4) is 0 Å². The highest BCUT2D eigenvalue weighted by Crippen LogP contribution is 2.32. The molecule has 0 spiro atoms. The van der Waals surface area contributed by atoms with Gasteiger partial charge < -0.3 is 9.84 Å². The summed E-state index contributed by atoms with van der Waals surface area (Å²) in [4.78, 5) is 16.0. The van der Waals surface area contributed by atoms with Crippen LogP contribution in [0.15, 0.2) is 16.6 Å². The van der Waals surface area contributed by atoms with Crippen molar-refractivity contribution in [3.63, 3.8) is 0 Å². The maximum atomic E-state index is 14.1. The maximum Gasteiger partial charge on any atom is 0.343 e. The van der Waals surface area contributed by atoms with E-state index >= 15 is 0 Å². The molecule has 1 aromatic rings. The van der Waals surface area contributed by atoms with Gasteiger partial charge in [0, 0.05) is 6.21 Å². The molecule has 1 aromatic carbocycles. The van der Waals surface area contributed by atoms with Crippen LogP contribution >= 0.6 is 23.2 Å². The van der Waals surface area contributed by atoms with Crippen LogP contribution in [0.1, 0.15) is 25.3 Å². The zero-order valence-corrected chi connectivity index (χ0v) is 13.6. The van der Waals surface area contributed by atoms with Crippen molar-refractivity contribution in [2.75, 3.05) is 6.61 Å². The minimum atomic E-state index is -1.23. The summed E-state index contributed by atoms with van der Waals surface area (Å²) >= 11 is 11.1. The second kappa shape index (κ2) is 7.27. The summed E-state index contributed by atoms with van der Waals surface area (Å²) in [6.07, 6.45) is 2.86. The van der Waals surface area contributed by atoms with Gasteiger partial charge in [0.15, 0.2) is 11.6 Å². The number of hydrogen-bond donors (Lipinski definition) is 1. The molecule has 0 aliphatic heterocycles. The van der Waals surface area contributed by atoms with Crippen LogP contribution in [0.4, 0.5) is 8.78 Å². The predicted octanol–water partition coefficient (Wildman–Crippen LogP) is 4.34. The van der Waals surface area contributed by atoms with E-state index in [1.165, 1.54) is 0 Å². The molecule has 1 aliphatic carbocycles. The smallest absolute Gasteiger partial charge is 0.343 e. The Morgan fingerprint density at radius 2 is 2.09 bits per heavy atom. The molecule has 0 radical (unpaired) electrons. The number of aliphatic hydroxyl groups excluding tert-OH is 1. The van der Waals surface area contributed by atoms with Gasteiger partial charge in [0.1, 0.15) is 16.4 Å². The number of carbonyl (C=O) groups excluding carboxylic acids is 1. The number of esters is 1. The number of carbonyl (C=O) groups is 1. The Morgan fingerprint density at radius 1 is 1.43 bits per heavy atom. The van der Waals surface area contributed by atoms with Crippen molar-refractivity contribution in [1.82, 2.24) is 0 Å². The van der Waals surface area contributed by atoms with Crippen LogP contribution in [-0.2, 0) is 9.53 Å². The molecular formula is C15H13Cl2F2NO3. The molecular weight excluding hydrogens is 351 g/mol. The second-order valence-electron chi connectivity index (χ2n) is 4.84. The van der Waals surface area contributed by atoms with E-state index in [0.717, 1.165) is 25.1 Å². The maximum absolute atomic E-state index is 14.1. The molecule has 1 aliphatic rings. The molecule has 1 fully saturated rings. The van der Waals surface area contributed by atoms with E-state index in [-0.39, 0.29) is 18.2 Å². The molecule has 0 saturated heterocycles. The summed E-state index contributed by atoms with van der Waals surface area (Å²) in [6, 6.07) is 0.912. The predicted molar refractivity (Wildman–Crippen MR) is 84.1 cm³/mol. The highest BCUT2D eigenvalue weighted by atomic mass is 35.5. The number of benzene rings is 1. The summed E-state index contributed by atoms with van der Waals surface area (Å²) < 4.78 is 32.4. The second-order valence-corrected chi connectivity index (χ2v) is 5.63. The molecule has 0 amide bonds. The monoisotopic (exact) mass is 363 g/mol. The Labute approximate surface area is 141 Å². The number of hydrogen-bond acceptors (Lipinski definition) is 4. The largest absolute Gasteiger partial charge is 0.506 e. The normalized spacial score (nSPS) is 15.7. The van der Waals surface area contributed by atoms with E-state index in [1.54, 1.807) is 6.92 Å². The van der Waals surface area contributed by atoms with Crippen molar-refractivity contribution in [1.29, 1.82) is 0 Å². The summed E-state index contributed by atoms with van der Waals surface area (Å²) in [5.41, 5.74) is -0.858. The number of aliphatic hydroxyl groups is 1. The summed E-state index contributed by atoms with van der Waals surface area (Å²) in [6.45, 7) is 1.64. The average molecular weight is 364 g/mol. The topological polar surface area (TPSA) is 58.9 Å². The highest BCUT2D eigenvalue weighted by molar-refractivity contribution is 6.35. The number of ether oxygens (including phenoxy) is 1. The fourth-order valence-electron chi connectivity index (χ4n) is 1.71. The summed E-state index contributed by atoms with van der Waals surface area (Å²) in [5, 5.41) is 8.88. The van der Waals surface area contributed by atoms with E-state index in [1.807, 2.05) is 0 Å². The molecule has 23 heavy (non-hydrogen) atoms. The van der Waals surface area contributed by atoms with Gasteiger partial charge in [-0.05, 0) is 25.8 Å². The first-order valence-corrected chi connectivity index (χ1v) is 7.59. The Hall–Kier alpha value is -1.66. The van der Waals surface area contributed by atoms with Crippen LogP contribution in [-0.4, -0.2) is 29.9 Å². The number of halogens is 4. The lowest BCUT2D eigenvalue weighted by molar-refractivity contribution is -0.137. The number of aliphatic imine (C=N–C) groups is 1. The standard InChI is InChI=1S/C15H13Cl2F2NO3/c1-2-23-15(22)9(6-20-7-3-4-7)14(21)8-5-10(16)13(19)11(17)12(8)18/h5-7,21H,2-4H2,1H3. The summed E-state index contributed by atoms with van der Waals surface area (Å²) in [7, 11) is 0. The fourth-order valence-corrected chi connectivity index (χ4v) is 2.17. The first-order chi connectivity index (χ1) is 10.9. The van der Waals surface area contributed by atoms with Crippen LogP contribution in [0.5, 0.6) is 0 Å². The van der Waals surface area contributed by atoms with Crippen molar-refractivity contribution in [3.05, 3.63) is 38.9 Å². The molecule has 0 atom stereocenters. The van der Waals surface area contributed by atoms with E-state index in [4.69, 9.17) is 27.9 Å². The van der Waals surface area contributed by atoms with Crippen molar-refractivity contribution >= 4 is 41.1 Å². The van der Waals surface area contributed by atoms with Crippen LogP contribution in [0.25, 0.3) is 5.76 Å². The van der Waals surface area contributed by atoms with Gasteiger partial charge in [-0.3, -0.25) is 4.99 Å². The highest BCUT2D eigenvalue weighted by Gasteiger charge is 2.25. The van der Waals surface area contributed by atoms with Gasteiger partial charge in [-0.25, -0.2) is 13.6 Å². The lowest BCUT2D eigenvalue weighted by atomic mass is 10.1. The van der Waals surface area contributed by atoms with Gasteiger partial charge in [-0.1, -0.05) is 23.2 Å². The van der Waals surface area contributed by atoms with E-state index < -0.39 is 39.0 Å². The van der Waals surface area contributed by atoms with Gasteiger partial charge in [-0.15, -0.1) is 0 Å². The van der Waals surface area contributed by atoms with Gasteiger partial charge in [0.25, 0.3) is 0 Å². The minimum Gasteiger partial charge on any atom is -0.506 e. The molecule has 8 heteroatoms. The van der Waals surface area contributed by atoms with Gasteiger partial charge in [-0.2, -0.15) is 0 Å². The van der Waals surface area contributed by atoms with E-state index in [9.17, 15) is 18.7 Å². The molecule has 4 nitrogen and oxygen atoms in total. The Bertz CT molecular complexity index is 700. The van der Waals surface area contributed by atoms with Crippen molar-refractivity contribution in [2.24, 2.45) is 4.99 Å². The Balaban J connectivity index is 2.54. The third kappa shape index (κ3) is 4.00. The van der Waals surface area contributed by atoms with Crippen LogP contribution < -0.4 is 0 Å². The van der Waals surface area contributed by atoms with Crippen molar-refractivity contribution in [2.45, 2.75) is 25.8 Å². The number of nitrogens with zero attached hydrogens (tertiary/aromatic N) is 1. The first-order valence-electron chi connectivity index (χ1n) is 6.83. The summed E-state index contributed by atoms with van der Waals surface area (Å²) in [5.74, 6) is -4.03. The molecule has 0 heterocycles. The molecule has 1 saturated carbocycles. The van der Waals surface area contributed by atoms with Gasteiger partial charge >= 0.3 is 5.97 Å². The SMILES string of the molecule is CCOC(=O)C(C=NC1CC1)=C(O)c1cc(Cl)c(F)c(Cl)c1F. The Kier molecular flexibility index (Phi) is 5.59. The average Bonchev–Trinajstić information content (AvgIpc) is 3.33. The van der Waals surface area contributed by atoms with Crippen LogP contribution in [0.2, 0.25) is 10.0 Å². The zero-order chi connectivity index (χ0) is 17.1. The fraction of sp³-hybridized carbons (Fsp3) is 0.333. The first kappa shape index (κ1) is 17.7. The molecule has 0 bridgehead atoms. The third-order valence-electron chi connectivity index (χ3n) is 3.07. The number of rotatable bonds is 5. The van der Waals surface area contributed by atoms with E-state index in [0.29, 0.717) is 0 Å². The third-order valence-corrected chi connectivity index (χ3v) is 3.68. The van der Waals surface area contributed by atoms with Crippen LogP contribution in [0, 0.1) is 11.6 Å². The molecule has 1 N–H and O–H groups in total. The molecule has 0 unspecified atom stereocenters. The van der Waals surface area contributed by atoms with Gasteiger partial charge in [0.2, 0.25) is 0 Å². The van der Waals surface area contributed by atoms with Crippen molar-refractivity contribution < 1.29 is 23.4 Å². The van der Waals surface area contributed by atoms with Gasteiger partial charge in [0.05, 0.1) is 23.2 Å². The lowest BCUT2D eigenvalue weighted by Crippen LogP contribution is -2.12. The quantitative estimate of drug-likeness (QED) is 0.211. The minimum absolute atomic E-state index is 0.0558. The Morgan fingerprint density at radius 3 is 2.65 bits per heavy atom. The lowest BCUT2D eigenvalue weighted by Gasteiger charge is -2.10. The molecule has 124 valence electrons. The van der Waals surface area contributed by atoms with Crippen LogP contribution in [0.3, 0.4) is 0 Å².